The molecule has 0 atom stereocenters. The Bertz CT molecular complexity index is 6450. The molecule has 0 amide bonds. The van der Waals surface area contributed by atoms with Gasteiger partial charge in [0.05, 0.1) is 22.8 Å². The lowest BCUT2D eigenvalue weighted by molar-refractivity contribution is 0.992. The van der Waals surface area contributed by atoms with Gasteiger partial charge in [0.1, 0.15) is 5.82 Å². The molecule has 0 aliphatic carbocycles. The molecule has 0 N–H and O–H groups in total. The van der Waals surface area contributed by atoms with Crippen LogP contribution in [-0.2, 0) is 0 Å². The van der Waals surface area contributed by atoms with Crippen molar-refractivity contribution in [2.45, 2.75) is 27.7 Å². The van der Waals surface area contributed by atoms with E-state index in [0.717, 1.165) is 78.7 Å². The second-order valence-electron chi connectivity index (χ2n) is 28.1. The van der Waals surface area contributed by atoms with Crippen LogP contribution in [0, 0.1) is 27.7 Å². The van der Waals surface area contributed by atoms with Gasteiger partial charge >= 0.3 is 0 Å². The molecule has 0 radical (unpaired) electrons. The molecule has 15 aromatic carbocycles. The van der Waals surface area contributed by atoms with Crippen LogP contribution in [0.25, 0.3) is 168 Å². The van der Waals surface area contributed by atoms with E-state index < -0.39 is 0 Å². The molecular formula is C106H80N8. The molecule has 114 heavy (non-hydrogen) atoms. The summed E-state index contributed by atoms with van der Waals surface area (Å²) in [6.07, 6.45) is 0. The number of hydrogen-bond acceptors (Lipinski definition) is 8. The molecular weight excluding hydrogens is 1390 g/mol. The van der Waals surface area contributed by atoms with Crippen LogP contribution in [0.5, 0.6) is 0 Å². The Morgan fingerprint density at radius 3 is 0.825 bits per heavy atom. The maximum atomic E-state index is 5.07. The summed E-state index contributed by atoms with van der Waals surface area (Å²) in [6, 6.07) is 143. The summed E-state index contributed by atoms with van der Waals surface area (Å²) < 4.78 is 0. The Morgan fingerprint density at radius 1 is 0.149 bits per heavy atom. The topological polar surface area (TPSA) is 103 Å². The first kappa shape index (κ1) is 73.3. The second kappa shape index (κ2) is 34.8. The Labute approximate surface area is 666 Å². The summed E-state index contributed by atoms with van der Waals surface area (Å²) >= 11 is 0. The average molecular weight is 1470 g/mol. The molecule has 0 spiro atoms. The summed E-state index contributed by atoms with van der Waals surface area (Å²) in [6.45, 7) is 8.23. The predicted molar refractivity (Wildman–Crippen MR) is 473 cm³/mol. The Morgan fingerprint density at radius 2 is 0.412 bits per heavy atom. The number of nitrogens with zero attached hydrogens (tertiary/aromatic N) is 8. The lowest BCUT2D eigenvalue weighted by atomic mass is 9.96. The van der Waals surface area contributed by atoms with Crippen molar-refractivity contribution < 1.29 is 0 Å². The fourth-order valence-corrected chi connectivity index (χ4v) is 14.0. The van der Waals surface area contributed by atoms with Crippen molar-refractivity contribution in [2.75, 3.05) is 0 Å². The van der Waals surface area contributed by atoms with E-state index in [1.54, 1.807) is 0 Å². The van der Waals surface area contributed by atoms with E-state index in [9.17, 15) is 0 Å². The van der Waals surface area contributed by atoms with Gasteiger partial charge in [-0.3, -0.25) is 0 Å². The zero-order valence-electron chi connectivity index (χ0n) is 63.8. The van der Waals surface area contributed by atoms with Crippen LogP contribution in [0.3, 0.4) is 0 Å². The zero-order chi connectivity index (χ0) is 77.4. The van der Waals surface area contributed by atoms with Gasteiger partial charge in [-0.2, -0.15) is 0 Å². The summed E-state index contributed by atoms with van der Waals surface area (Å²) in [4.78, 5) is 38.2. The van der Waals surface area contributed by atoms with Gasteiger partial charge in [-0.1, -0.05) is 399 Å². The third-order valence-electron chi connectivity index (χ3n) is 19.9. The van der Waals surface area contributed by atoms with Crippen LogP contribution >= 0.6 is 0 Å². The number of fused-ring (bicyclic) bond motifs is 2. The first-order valence-electron chi connectivity index (χ1n) is 38.4. The monoisotopic (exact) mass is 1460 g/mol. The smallest absolute Gasteiger partial charge is 0.164 e. The highest BCUT2D eigenvalue weighted by Crippen LogP contribution is 2.38. The molecule has 8 nitrogen and oxygen atoms in total. The summed E-state index contributed by atoms with van der Waals surface area (Å²) in [5.74, 6) is 4.15. The minimum Gasteiger partial charge on any atom is -0.248 e. The number of rotatable bonds is 13. The van der Waals surface area contributed by atoms with Gasteiger partial charge in [0.25, 0.3) is 0 Å². The third kappa shape index (κ3) is 17.7. The Kier molecular flexibility index (Phi) is 22.4. The summed E-state index contributed by atoms with van der Waals surface area (Å²) in [7, 11) is 0. The maximum absolute atomic E-state index is 5.07. The van der Waals surface area contributed by atoms with Crippen molar-refractivity contribution in [3.8, 4) is 146 Å². The summed E-state index contributed by atoms with van der Waals surface area (Å²) in [5.41, 5.74) is 26.7. The molecule has 544 valence electrons. The van der Waals surface area contributed by atoms with E-state index in [0.29, 0.717) is 29.1 Å². The zero-order valence-corrected chi connectivity index (χ0v) is 63.8. The number of hydrogen-bond donors (Lipinski definition) is 0. The number of aryl methyl sites for hydroxylation is 4. The molecule has 4 heterocycles. The van der Waals surface area contributed by atoms with E-state index in [-0.39, 0.29) is 0 Å². The molecule has 0 saturated carbocycles. The molecule has 0 saturated heterocycles. The van der Waals surface area contributed by atoms with Crippen molar-refractivity contribution in [1.29, 1.82) is 0 Å². The van der Waals surface area contributed by atoms with Crippen molar-refractivity contribution in [1.82, 2.24) is 39.9 Å². The van der Waals surface area contributed by atoms with E-state index in [1.807, 2.05) is 116 Å². The minimum absolute atomic E-state index is 0.671. The van der Waals surface area contributed by atoms with Crippen molar-refractivity contribution >= 4 is 21.5 Å². The lowest BCUT2D eigenvalue weighted by Crippen LogP contribution is -2.00. The van der Waals surface area contributed by atoms with E-state index in [1.165, 1.54) is 82.7 Å². The van der Waals surface area contributed by atoms with E-state index in [2.05, 4.69) is 339 Å². The van der Waals surface area contributed by atoms with Gasteiger partial charge in [-0.05, 0) is 124 Å². The number of aromatic nitrogens is 8. The largest absolute Gasteiger partial charge is 0.248 e. The normalized spacial score (nSPS) is 10.8. The highest BCUT2D eigenvalue weighted by atomic mass is 15.0. The fraction of sp³-hybridized carbons (Fsp3) is 0.0377. The van der Waals surface area contributed by atoms with E-state index in [4.69, 9.17) is 24.9 Å². The first-order chi connectivity index (χ1) is 56.1. The third-order valence-corrected chi connectivity index (χ3v) is 19.9. The van der Waals surface area contributed by atoms with Crippen molar-refractivity contribution in [3.05, 3.63) is 435 Å². The molecule has 0 aliphatic heterocycles. The SMILES string of the molecule is Cc1ccc(-c2cc(-c3ccccc3)nc(-c3cccc4ccccc34)c2)cc1.Cc1cccc(-c2cc(-c3ccccc3)nc(-c3cccc4ccccc34)c2)c1.Cc1cccc(-c2nc(-c3ccccc3)nc(-c3ccc(-c4ccccc4)cc3)n2)c1.Cc1nc(-c2ccccc2)nc(-c2ccc(-c3ccccc3)cc2)n1. The van der Waals surface area contributed by atoms with Gasteiger partial charge in [0.2, 0.25) is 0 Å². The predicted octanol–water partition coefficient (Wildman–Crippen LogP) is 27.1. The van der Waals surface area contributed by atoms with Crippen molar-refractivity contribution in [3.63, 3.8) is 0 Å². The van der Waals surface area contributed by atoms with Crippen molar-refractivity contribution in [2.24, 2.45) is 0 Å². The highest BCUT2D eigenvalue weighted by Gasteiger charge is 2.17. The van der Waals surface area contributed by atoms with Crippen LogP contribution in [-0.4, -0.2) is 39.9 Å². The summed E-state index contributed by atoms with van der Waals surface area (Å²) in [5, 5.41) is 4.91. The first-order valence-corrected chi connectivity index (χ1v) is 38.4. The van der Waals surface area contributed by atoms with Gasteiger partial charge < -0.3 is 0 Å². The van der Waals surface area contributed by atoms with Gasteiger partial charge in [0.15, 0.2) is 29.1 Å². The molecule has 19 aromatic rings. The van der Waals surface area contributed by atoms with Crippen LogP contribution in [0.2, 0.25) is 0 Å². The van der Waals surface area contributed by atoms with Crippen LogP contribution in [0.1, 0.15) is 22.5 Å². The Balaban J connectivity index is 0.000000115. The molecule has 0 bridgehead atoms. The number of pyridine rings is 2. The minimum atomic E-state index is 0.671. The molecule has 8 heteroatoms. The van der Waals surface area contributed by atoms with Gasteiger partial charge in [0, 0.05) is 50.1 Å². The standard InChI is InChI=1S/C28H21N3.2C28H21N.C22H17N3/c1-20-9-8-14-25(19-20)28-30-26(23-12-6-3-7-13-23)29-27(31-28)24-17-15-22(16-18-24)21-10-4-2-5-11-21;1-20-9-7-14-23(17-20)24-18-27(22-11-3-2-4-12-22)29-28(19-24)26-16-8-13-21-10-5-6-15-25(21)26;1-20-14-16-21(17-15-20)24-18-27(23-9-3-2-4-10-23)29-28(19-24)26-13-7-11-22-8-5-6-12-25(22)26;1-16-23-21(19-10-6-3-7-11-19)25-22(24-16)20-14-12-18(13-15-20)17-8-4-2-5-9-17/h2-19H,1H3;2*2-19H,1H3;2-15H,1H3. The molecule has 0 fully saturated rings. The van der Waals surface area contributed by atoms with Gasteiger partial charge in [-0.25, -0.2) is 39.9 Å². The molecule has 19 rings (SSSR count). The number of benzene rings is 15. The van der Waals surface area contributed by atoms with Crippen LogP contribution < -0.4 is 0 Å². The average Bonchev–Trinajstić information content (AvgIpc) is 0.789. The van der Waals surface area contributed by atoms with E-state index >= 15 is 0 Å². The van der Waals surface area contributed by atoms with Crippen LogP contribution in [0.4, 0.5) is 0 Å². The molecule has 0 aliphatic rings. The second-order valence-corrected chi connectivity index (χ2v) is 28.1. The molecule has 0 unspecified atom stereocenters. The molecule has 4 aromatic heterocycles. The fourth-order valence-electron chi connectivity index (χ4n) is 14.0. The Hall–Kier alpha value is -14.9. The van der Waals surface area contributed by atoms with Gasteiger partial charge in [-0.15, -0.1) is 0 Å². The van der Waals surface area contributed by atoms with Crippen LogP contribution in [0.15, 0.2) is 413 Å². The highest BCUT2D eigenvalue weighted by molar-refractivity contribution is 5.98. The maximum Gasteiger partial charge on any atom is 0.164 e. The lowest BCUT2D eigenvalue weighted by Gasteiger charge is -2.12. The quantitative estimate of drug-likeness (QED) is 0.112.